The quantitative estimate of drug-likeness (QED) is 0.733. The Morgan fingerprint density at radius 1 is 1.12 bits per heavy atom. The number of hydrogen-bond acceptors (Lipinski definition) is 5. The van der Waals surface area contributed by atoms with Crippen molar-refractivity contribution in [2.75, 3.05) is 12.4 Å². The molecule has 1 aromatic heterocycles. The van der Waals surface area contributed by atoms with Crippen LogP contribution in [0.2, 0.25) is 0 Å². The number of aryl methyl sites for hydroxylation is 2. The van der Waals surface area contributed by atoms with Crippen molar-refractivity contribution in [3.63, 3.8) is 0 Å². The van der Waals surface area contributed by atoms with Gasteiger partial charge in [0.15, 0.2) is 5.13 Å². The van der Waals surface area contributed by atoms with Gasteiger partial charge >= 0.3 is 0 Å². The van der Waals surface area contributed by atoms with Gasteiger partial charge in [0.2, 0.25) is 10.0 Å². The maximum Gasteiger partial charge on any atom is 0.257 e. The van der Waals surface area contributed by atoms with E-state index in [1.54, 1.807) is 13.0 Å². The summed E-state index contributed by atoms with van der Waals surface area (Å²) in [6, 6.07) is 10.3. The summed E-state index contributed by atoms with van der Waals surface area (Å²) in [5, 5.41) is 3.25. The lowest BCUT2D eigenvalue weighted by Crippen LogP contribution is -2.20. The van der Waals surface area contributed by atoms with E-state index in [1.807, 2.05) is 25.1 Å². The van der Waals surface area contributed by atoms with E-state index in [2.05, 4.69) is 15.0 Å². The molecule has 130 valence electrons. The van der Waals surface area contributed by atoms with Crippen LogP contribution in [-0.4, -0.2) is 26.4 Å². The van der Waals surface area contributed by atoms with Crippen molar-refractivity contribution >= 4 is 42.6 Å². The number of para-hydroxylation sites is 1. The number of amides is 1. The molecule has 0 bridgehead atoms. The molecule has 0 aliphatic rings. The van der Waals surface area contributed by atoms with E-state index in [0.717, 1.165) is 15.8 Å². The molecule has 0 spiro atoms. The van der Waals surface area contributed by atoms with Crippen molar-refractivity contribution in [3.8, 4) is 0 Å². The summed E-state index contributed by atoms with van der Waals surface area (Å²) in [6.07, 6.45) is 0. The van der Waals surface area contributed by atoms with Crippen molar-refractivity contribution in [2.24, 2.45) is 0 Å². The van der Waals surface area contributed by atoms with Crippen LogP contribution in [0.1, 0.15) is 21.5 Å². The molecule has 0 atom stereocenters. The van der Waals surface area contributed by atoms with Gasteiger partial charge in [0.1, 0.15) is 0 Å². The van der Waals surface area contributed by atoms with Gasteiger partial charge < -0.3 is 0 Å². The third kappa shape index (κ3) is 3.41. The number of sulfonamides is 1. The standard InChI is InChI=1S/C17H17N3O3S2/c1-10-7-8-12(25(22,23)18-3)9-13(10)16(21)20-17-19-15-11(2)5-4-6-14(15)24-17/h4-9,18H,1-3H3,(H,19,20,21). The second-order valence-corrected chi connectivity index (χ2v) is 8.50. The number of carbonyl (C=O) groups excluding carboxylic acids is 1. The van der Waals surface area contributed by atoms with Gasteiger partial charge in [0, 0.05) is 5.56 Å². The fourth-order valence-electron chi connectivity index (χ4n) is 2.43. The Hall–Kier alpha value is -2.29. The number of rotatable bonds is 4. The zero-order chi connectivity index (χ0) is 18.2. The van der Waals surface area contributed by atoms with Crippen LogP contribution in [0.15, 0.2) is 41.3 Å². The van der Waals surface area contributed by atoms with Gasteiger partial charge in [-0.15, -0.1) is 0 Å². The van der Waals surface area contributed by atoms with Gasteiger partial charge in [0.25, 0.3) is 5.91 Å². The van der Waals surface area contributed by atoms with Gasteiger partial charge in [-0.05, 0) is 50.2 Å². The normalized spacial score (nSPS) is 11.6. The molecule has 0 radical (unpaired) electrons. The van der Waals surface area contributed by atoms with Crippen molar-refractivity contribution < 1.29 is 13.2 Å². The van der Waals surface area contributed by atoms with E-state index in [0.29, 0.717) is 16.3 Å². The van der Waals surface area contributed by atoms with E-state index in [1.165, 1.54) is 30.5 Å². The number of nitrogens with zero attached hydrogens (tertiary/aromatic N) is 1. The second-order valence-electron chi connectivity index (χ2n) is 5.58. The molecule has 25 heavy (non-hydrogen) atoms. The molecule has 0 saturated heterocycles. The van der Waals surface area contributed by atoms with E-state index in [4.69, 9.17) is 0 Å². The van der Waals surface area contributed by atoms with Crippen LogP contribution in [0.5, 0.6) is 0 Å². The first-order valence-corrected chi connectivity index (χ1v) is 9.83. The predicted molar refractivity (Wildman–Crippen MR) is 99.7 cm³/mol. The van der Waals surface area contributed by atoms with Crippen LogP contribution in [0.4, 0.5) is 5.13 Å². The predicted octanol–water partition coefficient (Wildman–Crippen LogP) is 3.07. The smallest absolute Gasteiger partial charge is 0.257 e. The summed E-state index contributed by atoms with van der Waals surface area (Å²) in [5.41, 5.74) is 2.87. The molecule has 3 aromatic rings. The third-order valence-electron chi connectivity index (χ3n) is 3.87. The Morgan fingerprint density at radius 2 is 1.88 bits per heavy atom. The Balaban J connectivity index is 1.95. The van der Waals surface area contributed by atoms with Gasteiger partial charge in [-0.2, -0.15) is 0 Å². The molecule has 2 N–H and O–H groups in total. The lowest BCUT2D eigenvalue weighted by atomic mass is 10.1. The average molecular weight is 375 g/mol. The molecule has 6 nitrogen and oxygen atoms in total. The van der Waals surface area contributed by atoms with E-state index in [9.17, 15) is 13.2 Å². The molecular weight excluding hydrogens is 358 g/mol. The van der Waals surface area contributed by atoms with Crippen LogP contribution in [0, 0.1) is 13.8 Å². The first-order valence-electron chi connectivity index (χ1n) is 7.53. The third-order valence-corrected chi connectivity index (χ3v) is 6.22. The number of aromatic nitrogens is 1. The molecule has 0 fully saturated rings. The van der Waals surface area contributed by atoms with Gasteiger partial charge in [-0.3, -0.25) is 10.1 Å². The molecule has 0 aliphatic carbocycles. The SMILES string of the molecule is CNS(=O)(=O)c1ccc(C)c(C(=O)Nc2nc3c(C)cccc3s2)c1. The second kappa shape index (κ2) is 6.55. The highest BCUT2D eigenvalue weighted by molar-refractivity contribution is 7.89. The Kier molecular flexibility index (Phi) is 4.59. The minimum atomic E-state index is -3.61. The minimum Gasteiger partial charge on any atom is -0.298 e. The molecule has 0 unspecified atom stereocenters. The van der Waals surface area contributed by atoms with Crippen LogP contribution in [-0.2, 0) is 10.0 Å². The highest BCUT2D eigenvalue weighted by Crippen LogP contribution is 2.28. The van der Waals surface area contributed by atoms with Crippen molar-refractivity contribution in [3.05, 3.63) is 53.1 Å². The maximum atomic E-state index is 12.6. The van der Waals surface area contributed by atoms with Crippen LogP contribution in [0.25, 0.3) is 10.2 Å². The Bertz CT molecular complexity index is 1070. The van der Waals surface area contributed by atoms with Gasteiger partial charge in [-0.25, -0.2) is 18.1 Å². The summed E-state index contributed by atoms with van der Waals surface area (Å²) >= 11 is 1.38. The largest absolute Gasteiger partial charge is 0.298 e. The monoisotopic (exact) mass is 375 g/mol. The number of carbonyl (C=O) groups is 1. The lowest BCUT2D eigenvalue weighted by Gasteiger charge is -2.08. The van der Waals surface area contributed by atoms with E-state index >= 15 is 0 Å². The zero-order valence-corrected chi connectivity index (χ0v) is 15.6. The fraction of sp³-hybridized carbons (Fsp3) is 0.176. The molecule has 2 aromatic carbocycles. The van der Waals surface area contributed by atoms with E-state index in [-0.39, 0.29) is 10.8 Å². The van der Waals surface area contributed by atoms with Crippen molar-refractivity contribution in [1.82, 2.24) is 9.71 Å². The summed E-state index contributed by atoms with van der Waals surface area (Å²) in [5.74, 6) is -0.387. The zero-order valence-electron chi connectivity index (χ0n) is 14.0. The number of thiazole rings is 1. The summed E-state index contributed by atoms with van der Waals surface area (Å²) in [7, 11) is -2.28. The number of hydrogen-bond donors (Lipinski definition) is 2. The van der Waals surface area contributed by atoms with Crippen LogP contribution in [0.3, 0.4) is 0 Å². The molecular formula is C17H17N3O3S2. The maximum absolute atomic E-state index is 12.6. The lowest BCUT2D eigenvalue weighted by molar-refractivity contribution is 0.102. The van der Waals surface area contributed by atoms with E-state index < -0.39 is 10.0 Å². The molecule has 1 heterocycles. The minimum absolute atomic E-state index is 0.0471. The van der Waals surface area contributed by atoms with Gasteiger partial charge in [-0.1, -0.05) is 29.5 Å². The molecule has 0 aliphatic heterocycles. The number of nitrogens with one attached hydrogen (secondary N) is 2. The fourth-order valence-corrected chi connectivity index (χ4v) is 4.13. The Labute approximate surface area is 150 Å². The number of anilines is 1. The number of benzene rings is 2. The highest BCUT2D eigenvalue weighted by Gasteiger charge is 2.17. The number of fused-ring (bicyclic) bond motifs is 1. The summed E-state index contributed by atoms with van der Waals surface area (Å²) < 4.78 is 27.1. The highest BCUT2D eigenvalue weighted by atomic mass is 32.2. The molecule has 8 heteroatoms. The van der Waals surface area contributed by atoms with Gasteiger partial charge in [0.05, 0.1) is 15.1 Å². The van der Waals surface area contributed by atoms with Crippen molar-refractivity contribution in [1.29, 1.82) is 0 Å². The first-order chi connectivity index (χ1) is 11.8. The first kappa shape index (κ1) is 17.5. The molecule has 3 rings (SSSR count). The summed E-state index contributed by atoms with van der Waals surface area (Å²) in [6.45, 7) is 3.72. The van der Waals surface area contributed by atoms with Crippen LogP contribution >= 0.6 is 11.3 Å². The summed E-state index contributed by atoms with van der Waals surface area (Å²) in [4.78, 5) is 17.1. The molecule has 1 amide bonds. The topological polar surface area (TPSA) is 88.2 Å². The van der Waals surface area contributed by atoms with Crippen LogP contribution < -0.4 is 10.0 Å². The molecule has 0 saturated carbocycles. The Morgan fingerprint density at radius 3 is 2.56 bits per heavy atom. The van der Waals surface area contributed by atoms with Crippen molar-refractivity contribution in [2.45, 2.75) is 18.7 Å². The average Bonchev–Trinajstić information content (AvgIpc) is 2.99.